The van der Waals surface area contributed by atoms with Crippen LogP contribution in [0, 0.1) is 6.08 Å². The van der Waals surface area contributed by atoms with Gasteiger partial charge in [0.15, 0.2) is 0 Å². The summed E-state index contributed by atoms with van der Waals surface area (Å²) in [7, 11) is 1.67. The van der Waals surface area contributed by atoms with Crippen LogP contribution in [0.4, 0.5) is 0 Å². The Bertz CT molecular complexity index is 122. The molecule has 0 spiro atoms. The first-order valence-electron chi connectivity index (χ1n) is 4.03. The Labute approximate surface area is 102 Å². The third-order valence-electron chi connectivity index (χ3n) is 1.25. The summed E-state index contributed by atoms with van der Waals surface area (Å²) in [6.45, 7) is 11.5. The van der Waals surface area contributed by atoms with Crippen LogP contribution in [0.2, 0.25) is 0 Å². The Balaban J connectivity index is -0.000000249. The third-order valence-corrected chi connectivity index (χ3v) is 1.25. The van der Waals surface area contributed by atoms with Gasteiger partial charge >= 0.3 is 0 Å². The van der Waals surface area contributed by atoms with Gasteiger partial charge in [0.25, 0.3) is 0 Å². The molecule has 0 bridgehead atoms. The Hall–Kier alpha value is 0.384. The largest absolute Gasteiger partial charge is 0.585 e. The first-order valence-corrected chi connectivity index (χ1v) is 4.03. The zero-order chi connectivity index (χ0) is 9.28. The molecule has 0 aliphatic heterocycles. The minimum atomic E-state index is 0. The molecule has 0 saturated carbocycles. The zero-order valence-electron chi connectivity index (χ0n) is 8.90. The van der Waals surface area contributed by atoms with Crippen molar-refractivity contribution >= 4 is 0 Å². The predicted octanol–water partition coefficient (Wildman–Crippen LogP) is 3.33. The normalized spacial score (nSPS) is 9.75. The van der Waals surface area contributed by atoms with Gasteiger partial charge in [0, 0.05) is 32.7 Å². The van der Waals surface area contributed by atoms with E-state index in [1.807, 2.05) is 27.7 Å². The molecule has 0 aliphatic carbocycles. The minimum Gasteiger partial charge on any atom is -0.585 e. The maximum absolute atomic E-state index is 5.03. The van der Waals surface area contributed by atoms with Crippen molar-refractivity contribution in [1.82, 2.24) is 0 Å². The van der Waals surface area contributed by atoms with E-state index in [2.05, 4.69) is 12.7 Å². The number of allylic oxidation sites excluding steroid dienone is 3. The second kappa shape index (κ2) is 13.9. The summed E-state index contributed by atoms with van der Waals surface area (Å²) in [6.07, 6.45) is 3.68. The van der Waals surface area contributed by atoms with E-state index in [-0.39, 0.29) is 32.7 Å². The fraction of sp³-hybridized carbons (Fsp3) is 0.600. The molecule has 0 fully saturated rings. The summed E-state index contributed by atoms with van der Waals surface area (Å²) in [5.41, 5.74) is 1.00. The van der Waals surface area contributed by atoms with Gasteiger partial charge in [-0.25, -0.2) is 0 Å². The van der Waals surface area contributed by atoms with E-state index in [1.165, 1.54) is 0 Å². The molecule has 0 N–H and O–H groups in total. The van der Waals surface area contributed by atoms with Crippen LogP contribution in [0.25, 0.3) is 0 Å². The maximum Gasteiger partial charge on any atom is 0.0527 e. The van der Waals surface area contributed by atoms with Crippen molar-refractivity contribution in [1.29, 1.82) is 0 Å². The van der Waals surface area contributed by atoms with E-state index in [0.29, 0.717) is 0 Å². The molecular formula is C10H19OY-. The van der Waals surface area contributed by atoms with Gasteiger partial charge in [-0.05, 0) is 0 Å². The zero-order valence-corrected chi connectivity index (χ0v) is 11.7. The number of ether oxygens (including phenoxy) is 1. The fourth-order valence-electron chi connectivity index (χ4n) is 0.661. The second-order valence-corrected chi connectivity index (χ2v) is 1.78. The van der Waals surface area contributed by atoms with Crippen LogP contribution in [0.1, 0.15) is 34.1 Å². The third kappa shape index (κ3) is 8.48. The SMILES string of the molecule is C=[C-]/C(C)=C(/CC)OC.CC.[Y]. The summed E-state index contributed by atoms with van der Waals surface area (Å²) < 4.78 is 5.03. The number of hydrogen-bond donors (Lipinski definition) is 0. The summed E-state index contributed by atoms with van der Waals surface area (Å²) in [5.74, 6) is 0.963. The van der Waals surface area contributed by atoms with Gasteiger partial charge in [0.05, 0.1) is 7.11 Å². The maximum atomic E-state index is 5.03. The van der Waals surface area contributed by atoms with Crippen molar-refractivity contribution in [2.45, 2.75) is 34.1 Å². The minimum absolute atomic E-state index is 0. The molecule has 0 atom stereocenters. The second-order valence-electron chi connectivity index (χ2n) is 1.78. The average molecular weight is 244 g/mol. The molecule has 1 radical (unpaired) electrons. The number of rotatable bonds is 3. The predicted molar refractivity (Wildman–Crippen MR) is 50.2 cm³/mol. The average Bonchev–Trinajstić information content (AvgIpc) is 2.10. The summed E-state index contributed by atoms with van der Waals surface area (Å²) in [4.78, 5) is 0. The molecule has 0 amide bonds. The Morgan fingerprint density at radius 1 is 1.42 bits per heavy atom. The van der Waals surface area contributed by atoms with Gasteiger partial charge in [0.1, 0.15) is 0 Å². The molecule has 2 heteroatoms. The van der Waals surface area contributed by atoms with Gasteiger partial charge in [-0.1, -0.05) is 39.9 Å². The van der Waals surface area contributed by atoms with Crippen LogP contribution < -0.4 is 0 Å². The molecule has 0 rings (SSSR count). The quantitative estimate of drug-likeness (QED) is 0.420. The first kappa shape index (κ1) is 18.2. The molecule has 69 valence electrons. The topological polar surface area (TPSA) is 9.23 Å². The van der Waals surface area contributed by atoms with Crippen molar-refractivity contribution < 1.29 is 37.4 Å². The van der Waals surface area contributed by atoms with Gasteiger partial charge in [0.2, 0.25) is 0 Å². The Morgan fingerprint density at radius 2 is 1.83 bits per heavy atom. The molecule has 0 unspecified atom stereocenters. The molecule has 0 aromatic heterocycles. The molecule has 12 heavy (non-hydrogen) atoms. The van der Waals surface area contributed by atoms with E-state index in [4.69, 9.17) is 4.74 Å². The van der Waals surface area contributed by atoms with Crippen molar-refractivity contribution in [3.05, 3.63) is 24.0 Å². The molecular weight excluding hydrogens is 225 g/mol. The van der Waals surface area contributed by atoms with Gasteiger partial charge in [-0.2, -0.15) is 12.2 Å². The van der Waals surface area contributed by atoms with Gasteiger partial charge < -0.3 is 4.74 Å². The molecule has 0 heterocycles. The Kier molecular flexibility index (Phi) is 21.2. The van der Waals surface area contributed by atoms with Crippen molar-refractivity contribution in [2.75, 3.05) is 7.11 Å². The smallest absolute Gasteiger partial charge is 0.0527 e. The summed E-state index contributed by atoms with van der Waals surface area (Å²) in [6, 6.07) is 0. The van der Waals surface area contributed by atoms with Crippen LogP contribution in [0.5, 0.6) is 0 Å². The van der Waals surface area contributed by atoms with E-state index in [9.17, 15) is 0 Å². The molecule has 0 aromatic rings. The first-order chi connectivity index (χ1) is 5.26. The van der Waals surface area contributed by atoms with Crippen molar-refractivity contribution in [3.63, 3.8) is 0 Å². The van der Waals surface area contributed by atoms with Crippen LogP contribution in [0.15, 0.2) is 17.9 Å². The fourth-order valence-corrected chi connectivity index (χ4v) is 0.661. The van der Waals surface area contributed by atoms with E-state index < -0.39 is 0 Å². The molecule has 0 aromatic carbocycles. The van der Waals surface area contributed by atoms with Gasteiger partial charge in [-0.15, -0.1) is 0 Å². The standard InChI is InChI=1S/C8H13O.C2H6.Y/c1-5-7(3)8(6-2)9-4;1-2;/h1,6H2,2-4H3;1-2H3;/q-1;;/b8-7-;;. The van der Waals surface area contributed by atoms with Crippen molar-refractivity contribution in [3.8, 4) is 0 Å². The summed E-state index contributed by atoms with van der Waals surface area (Å²) >= 11 is 0. The van der Waals surface area contributed by atoms with Crippen LogP contribution in [-0.2, 0) is 37.4 Å². The van der Waals surface area contributed by atoms with E-state index in [1.54, 1.807) is 7.11 Å². The van der Waals surface area contributed by atoms with Crippen molar-refractivity contribution in [2.24, 2.45) is 0 Å². The van der Waals surface area contributed by atoms with E-state index in [0.717, 1.165) is 17.8 Å². The van der Waals surface area contributed by atoms with E-state index >= 15 is 0 Å². The molecule has 1 nitrogen and oxygen atoms in total. The number of hydrogen-bond acceptors (Lipinski definition) is 1. The van der Waals surface area contributed by atoms with Gasteiger partial charge in [-0.3, -0.25) is 6.08 Å². The van der Waals surface area contributed by atoms with Crippen LogP contribution in [0.3, 0.4) is 0 Å². The van der Waals surface area contributed by atoms with Crippen LogP contribution >= 0.6 is 0 Å². The molecule has 0 aliphatic rings. The monoisotopic (exact) mass is 244 g/mol. The summed E-state index contributed by atoms with van der Waals surface area (Å²) in [5, 5.41) is 0. The molecule has 0 saturated heterocycles. The Morgan fingerprint density at radius 3 is 1.92 bits per heavy atom. The number of methoxy groups -OCH3 is 1. The van der Waals surface area contributed by atoms with Crippen LogP contribution in [-0.4, -0.2) is 7.11 Å².